The summed E-state index contributed by atoms with van der Waals surface area (Å²) in [6.45, 7) is 10.0. The number of hydrogen-bond donors (Lipinski definition) is 0. The lowest BCUT2D eigenvalue weighted by molar-refractivity contribution is 1.22. The van der Waals surface area contributed by atoms with Crippen LogP contribution < -0.4 is 0 Å². The standard InChI is InChI=1S/C10H9N.2C2H6/c1-8-6-9-4-2-3-5-10(9)7-11-8;2*1-2/h2-7H,1H3;2*1-2H3. The molecule has 0 saturated carbocycles. The molecule has 0 unspecified atom stereocenters. The lowest BCUT2D eigenvalue weighted by Gasteiger charge is -1.96. The second-order valence-corrected chi connectivity index (χ2v) is 2.67. The van der Waals surface area contributed by atoms with Crippen LogP contribution in [0.5, 0.6) is 0 Å². The Kier molecular flexibility index (Phi) is 7.25. The van der Waals surface area contributed by atoms with Crippen LogP contribution in [0.3, 0.4) is 0 Å². The molecule has 0 bridgehead atoms. The molecule has 1 aromatic heterocycles. The maximum atomic E-state index is 4.21. The minimum atomic E-state index is 1.07. The molecule has 0 aliphatic carbocycles. The van der Waals surface area contributed by atoms with Crippen LogP contribution in [-0.2, 0) is 0 Å². The maximum absolute atomic E-state index is 4.21. The second kappa shape index (κ2) is 7.98. The fourth-order valence-corrected chi connectivity index (χ4v) is 1.19. The number of aromatic nitrogens is 1. The topological polar surface area (TPSA) is 12.9 Å². The van der Waals surface area contributed by atoms with Gasteiger partial charge in [-0.3, -0.25) is 4.98 Å². The first-order chi connectivity index (χ1) is 7.36. The number of aryl methyl sites for hydroxylation is 1. The van der Waals surface area contributed by atoms with Gasteiger partial charge >= 0.3 is 0 Å². The van der Waals surface area contributed by atoms with Crippen molar-refractivity contribution >= 4 is 10.8 Å². The van der Waals surface area contributed by atoms with Gasteiger partial charge in [-0.2, -0.15) is 0 Å². The first-order valence-electron chi connectivity index (χ1n) is 5.68. The average molecular weight is 203 g/mol. The van der Waals surface area contributed by atoms with Gasteiger partial charge in [-0.1, -0.05) is 52.0 Å². The molecule has 0 spiro atoms. The molecule has 0 aliphatic rings. The summed E-state index contributed by atoms with van der Waals surface area (Å²) >= 11 is 0. The summed E-state index contributed by atoms with van der Waals surface area (Å²) in [7, 11) is 0. The Balaban J connectivity index is 0.000000442. The van der Waals surface area contributed by atoms with E-state index in [9.17, 15) is 0 Å². The Morgan fingerprint density at radius 3 is 2.00 bits per heavy atom. The smallest absolute Gasteiger partial charge is 0.0379 e. The predicted molar refractivity (Wildman–Crippen MR) is 69.2 cm³/mol. The molecule has 0 N–H and O–H groups in total. The Morgan fingerprint density at radius 2 is 1.40 bits per heavy atom. The number of benzene rings is 1. The number of rotatable bonds is 0. The first kappa shape index (κ1) is 13.6. The highest BCUT2D eigenvalue weighted by atomic mass is 14.6. The van der Waals surface area contributed by atoms with Crippen LogP contribution in [0.25, 0.3) is 10.8 Å². The SMILES string of the molecule is CC.CC.Cc1cc2ccccc2cn1. The Bertz CT molecular complexity index is 380. The molecule has 0 radical (unpaired) electrons. The van der Waals surface area contributed by atoms with Crippen molar-refractivity contribution in [2.75, 3.05) is 0 Å². The lowest BCUT2D eigenvalue weighted by Crippen LogP contribution is -1.79. The molecule has 0 saturated heterocycles. The van der Waals surface area contributed by atoms with E-state index < -0.39 is 0 Å². The van der Waals surface area contributed by atoms with Gasteiger partial charge < -0.3 is 0 Å². The largest absolute Gasteiger partial charge is 0.261 e. The monoisotopic (exact) mass is 203 g/mol. The fraction of sp³-hybridized carbons (Fsp3) is 0.357. The van der Waals surface area contributed by atoms with Gasteiger partial charge in [0, 0.05) is 17.3 Å². The van der Waals surface area contributed by atoms with Crippen LogP contribution in [0.1, 0.15) is 33.4 Å². The van der Waals surface area contributed by atoms with Crippen molar-refractivity contribution in [1.82, 2.24) is 4.98 Å². The zero-order chi connectivity index (χ0) is 11.7. The van der Waals surface area contributed by atoms with E-state index in [-0.39, 0.29) is 0 Å². The molecule has 2 rings (SSSR count). The van der Waals surface area contributed by atoms with Gasteiger partial charge in [-0.05, 0) is 18.4 Å². The fourth-order valence-electron chi connectivity index (χ4n) is 1.19. The average Bonchev–Trinajstić information content (AvgIpc) is 2.34. The van der Waals surface area contributed by atoms with Crippen molar-refractivity contribution in [3.63, 3.8) is 0 Å². The van der Waals surface area contributed by atoms with Crippen molar-refractivity contribution in [1.29, 1.82) is 0 Å². The summed E-state index contributed by atoms with van der Waals surface area (Å²) in [6, 6.07) is 10.3. The van der Waals surface area contributed by atoms with Gasteiger partial charge in [0.1, 0.15) is 0 Å². The molecule has 0 atom stereocenters. The van der Waals surface area contributed by atoms with Crippen molar-refractivity contribution in [2.24, 2.45) is 0 Å². The van der Waals surface area contributed by atoms with Crippen molar-refractivity contribution < 1.29 is 0 Å². The summed E-state index contributed by atoms with van der Waals surface area (Å²) in [5, 5.41) is 2.47. The third-order valence-electron chi connectivity index (χ3n) is 1.77. The third-order valence-corrected chi connectivity index (χ3v) is 1.77. The van der Waals surface area contributed by atoms with E-state index in [4.69, 9.17) is 0 Å². The van der Waals surface area contributed by atoms with E-state index in [1.165, 1.54) is 10.8 Å². The summed E-state index contributed by atoms with van der Waals surface area (Å²) < 4.78 is 0. The zero-order valence-corrected chi connectivity index (χ0v) is 10.4. The summed E-state index contributed by atoms with van der Waals surface area (Å²) in [5.74, 6) is 0. The van der Waals surface area contributed by atoms with Crippen molar-refractivity contribution in [2.45, 2.75) is 34.6 Å². The molecule has 1 heterocycles. The normalized spacial score (nSPS) is 8.33. The van der Waals surface area contributed by atoms with Crippen LogP contribution in [0, 0.1) is 6.92 Å². The molecule has 82 valence electrons. The van der Waals surface area contributed by atoms with Crippen molar-refractivity contribution in [3.05, 3.63) is 42.2 Å². The van der Waals surface area contributed by atoms with E-state index in [2.05, 4.69) is 23.2 Å². The molecule has 0 fully saturated rings. The van der Waals surface area contributed by atoms with Gasteiger partial charge in [0.25, 0.3) is 0 Å². The Morgan fingerprint density at radius 1 is 0.867 bits per heavy atom. The molecular formula is C14H21N. The minimum Gasteiger partial charge on any atom is -0.261 e. The second-order valence-electron chi connectivity index (χ2n) is 2.67. The highest BCUT2D eigenvalue weighted by molar-refractivity contribution is 5.81. The van der Waals surface area contributed by atoms with Crippen LogP contribution in [0.2, 0.25) is 0 Å². The summed E-state index contributed by atoms with van der Waals surface area (Å²) in [5.41, 5.74) is 1.07. The molecule has 15 heavy (non-hydrogen) atoms. The molecule has 0 aliphatic heterocycles. The van der Waals surface area contributed by atoms with Gasteiger partial charge in [0.05, 0.1) is 0 Å². The number of nitrogens with zero attached hydrogens (tertiary/aromatic N) is 1. The summed E-state index contributed by atoms with van der Waals surface area (Å²) in [4.78, 5) is 4.21. The van der Waals surface area contributed by atoms with Gasteiger partial charge in [0.15, 0.2) is 0 Å². The van der Waals surface area contributed by atoms with E-state index >= 15 is 0 Å². The molecule has 2 aromatic rings. The predicted octanol–water partition coefficient (Wildman–Crippen LogP) is 4.60. The van der Waals surface area contributed by atoms with Gasteiger partial charge in [-0.15, -0.1) is 0 Å². The number of pyridine rings is 1. The minimum absolute atomic E-state index is 1.07. The van der Waals surface area contributed by atoms with Gasteiger partial charge in [-0.25, -0.2) is 0 Å². The zero-order valence-electron chi connectivity index (χ0n) is 10.4. The van der Waals surface area contributed by atoms with E-state index in [0.29, 0.717) is 0 Å². The van der Waals surface area contributed by atoms with E-state index in [1.807, 2.05) is 52.9 Å². The molecule has 0 amide bonds. The van der Waals surface area contributed by atoms with Crippen molar-refractivity contribution in [3.8, 4) is 0 Å². The van der Waals surface area contributed by atoms with Crippen LogP contribution in [-0.4, -0.2) is 4.98 Å². The van der Waals surface area contributed by atoms with Crippen LogP contribution in [0.15, 0.2) is 36.5 Å². The third kappa shape index (κ3) is 4.11. The van der Waals surface area contributed by atoms with E-state index in [0.717, 1.165) is 5.69 Å². The van der Waals surface area contributed by atoms with E-state index in [1.54, 1.807) is 0 Å². The number of hydrogen-bond acceptors (Lipinski definition) is 1. The number of fused-ring (bicyclic) bond motifs is 1. The quantitative estimate of drug-likeness (QED) is 0.610. The highest BCUT2D eigenvalue weighted by Crippen LogP contribution is 2.12. The highest BCUT2D eigenvalue weighted by Gasteiger charge is 1.90. The van der Waals surface area contributed by atoms with Gasteiger partial charge in [0.2, 0.25) is 0 Å². The van der Waals surface area contributed by atoms with Crippen LogP contribution in [0.4, 0.5) is 0 Å². The Labute approximate surface area is 93.2 Å². The maximum Gasteiger partial charge on any atom is 0.0379 e. The lowest BCUT2D eigenvalue weighted by atomic mass is 10.1. The molecule has 1 heteroatoms. The molecular weight excluding hydrogens is 182 g/mol. The summed E-state index contributed by atoms with van der Waals surface area (Å²) in [6.07, 6.45) is 1.91. The Hall–Kier alpha value is -1.37. The van der Waals surface area contributed by atoms with Crippen LogP contribution >= 0.6 is 0 Å². The molecule has 1 nitrogen and oxygen atoms in total. The molecule has 1 aromatic carbocycles. The first-order valence-corrected chi connectivity index (χ1v) is 5.68.